The Bertz CT molecular complexity index is 2490. The number of aromatic carboxylic acids is 2. The molecule has 0 saturated carbocycles. The molecule has 250 valence electrons. The fourth-order valence-electron chi connectivity index (χ4n) is 6.12. The highest BCUT2D eigenvalue weighted by Gasteiger charge is 2.31. The van der Waals surface area contributed by atoms with Crippen LogP contribution in [0, 0.1) is 0 Å². The molecule has 0 fully saturated rings. The molecule has 0 amide bonds. The van der Waals surface area contributed by atoms with Gasteiger partial charge in [0.25, 0.3) is 0 Å². The van der Waals surface area contributed by atoms with Gasteiger partial charge in [0.05, 0.1) is 25.3 Å². The number of hydrogen-bond acceptors (Lipinski definition) is 10. The average Bonchev–Trinajstić information content (AvgIpc) is 3.09. The van der Waals surface area contributed by atoms with E-state index >= 15 is 0 Å². The normalized spacial score (nSPS) is 11.4. The van der Waals surface area contributed by atoms with Gasteiger partial charge in [0.1, 0.15) is 21.6 Å². The first-order chi connectivity index (χ1) is 23.8. The SMILES string of the molecule is COc1cc2c(-c3cc(C(=O)O)c(-c4c5ccc(=O)cc-5oc5c(Cl)c(O)c(OC)cc45)cc3C(=O)O)c3ccc(=O)cc-3oc2c(Cl)c1O. The highest BCUT2D eigenvalue weighted by atomic mass is 35.5. The van der Waals surface area contributed by atoms with Crippen LogP contribution in [0.5, 0.6) is 23.0 Å². The molecule has 4 aliphatic rings. The number of aromatic hydroxyl groups is 2. The van der Waals surface area contributed by atoms with Gasteiger partial charge < -0.3 is 38.7 Å². The van der Waals surface area contributed by atoms with Crippen molar-refractivity contribution in [1.82, 2.24) is 0 Å². The van der Waals surface area contributed by atoms with Crippen LogP contribution in [0.15, 0.2) is 79.1 Å². The quantitative estimate of drug-likeness (QED) is 0.124. The Morgan fingerprint density at radius 3 is 1.32 bits per heavy atom. The van der Waals surface area contributed by atoms with Crippen molar-refractivity contribution in [2.75, 3.05) is 14.2 Å². The zero-order valence-electron chi connectivity index (χ0n) is 25.6. The molecule has 0 aromatic heterocycles. The minimum atomic E-state index is -1.47. The first-order valence-corrected chi connectivity index (χ1v) is 15.2. The van der Waals surface area contributed by atoms with Crippen molar-refractivity contribution < 1.29 is 48.3 Å². The number of fused-ring (bicyclic) bond motifs is 4. The number of carboxylic acid groups (broad SMARTS) is 2. The van der Waals surface area contributed by atoms with Crippen LogP contribution in [0.1, 0.15) is 20.7 Å². The van der Waals surface area contributed by atoms with E-state index in [4.69, 9.17) is 41.5 Å². The van der Waals surface area contributed by atoms with Gasteiger partial charge in [0.2, 0.25) is 0 Å². The van der Waals surface area contributed by atoms with E-state index in [0.29, 0.717) is 0 Å². The maximum Gasteiger partial charge on any atom is 0.336 e. The van der Waals surface area contributed by atoms with Crippen LogP contribution < -0.4 is 20.3 Å². The predicted octanol–water partition coefficient (Wildman–Crippen LogP) is 7.57. The van der Waals surface area contributed by atoms with Gasteiger partial charge in [-0.2, -0.15) is 0 Å². The van der Waals surface area contributed by atoms with Crippen LogP contribution in [-0.4, -0.2) is 46.6 Å². The van der Waals surface area contributed by atoms with Crippen LogP contribution in [-0.2, 0) is 0 Å². The van der Waals surface area contributed by atoms with Crippen LogP contribution in [0.4, 0.5) is 0 Å². The molecule has 12 nitrogen and oxygen atoms in total. The van der Waals surface area contributed by atoms with Crippen molar-refractivity contribution in [3.63, 3.8) is 0 Å². The zero-order chi connectivity index (χ0) is 35.8. The summed E-state index contributed by atoms with van der Waals surface area (Å²) in [5.41, 5.74) is -1.53. The van der Waals surface area contributed by atoms with E-state index in [0.717, 1.165) is 24.3 Å². The first kappa shape index (κ1) is 32.3. The van der Waals surface area contributed by atoms with Gasteiger partial charge in [0, 0.05) is 45.2 Å². The lowest BCUT2D eigenvalue weighted by Gasteiger charge is -2.22. The Kier molecular flexibility index (Phi) is 7.58. The number of benzene rings is 5. The number of carboxylic acids is 2. The summed E-state index contributed by atoms with van der Waals surface area (Å²) in [6.07, 6.45) is 0. The summed E-state index contributed by atoms with van der Waals surface area (Å²) in [7, 11) is 2.55. The molecule has 50 heavy (non-hydrogen) atoms. The fraction of sp³-hybridized carbons (Fsp3) is 0.0556. The Morgan fingerprint density at radius 1 is 0.600 bits per heavy atom. The highest BCUT2D eigenvalue weighted by Crippen LogP contribution is 2.51. The summed E-state index contributed by atoms with van der Waals surface area (Å²) in [6, 6.07) is 12.5. The third-order valence-corrected chi connectivity index (χ3v) is 9.03. The average molecular weight is 715 g/mol. The molecule has 0 bridgehead atoms. The molecule has 2 aliphatic carbocycles. The molecule has 2 aliphatic heterocycles. The van der Waals surface area contributed by atoms with Gasteiger partial charge >= 0.3 is 11.9 Å². The third-order valence-electron chi connectivity index (χ3n) is 8.33. The summed E-state index contributed by atoms with van der Waals surface area (Å²) < 4.78 is 22.4. The van der Waals surface area contributed by atoms with Gasteiger partial charge in [-0.15, -0.1) is 0 Å². The Morgan fingerprint density at radius 2 is 0.980 bits per heavy atom. The van der Waals surface area contributed by atoms with Crippen molar-refractivity contribution >= 4 is 57.1 Å². The summed E-state index contributed by atoms with van der Waals surface area (Å²) in [4.78, 5) is 51.1. The van der Waals surface area contributed by atoms with Gasteiger partial charge in [-0.1, -0.05) is 23.2 Å². The number of hydrogen-bond donors (Lipinski definition) is 4. The summed E-state index contributed by atoms with van der Waals surface area (Å²) >= 11 is 13.0. The Balaban J connectivity index is 1.69. The van der Waals surface area contributed by atoms with E-state index < -0.39 is 45.4 Å². The van der Waals surface area contributed by atoms with Crippen molar-refractivity contribution in [2.24, 2.45) is 0 Å². The van der Waals surface area contributed by atoms with Crippen LogP contribution >= 0.6 is 23.2 Å². The molecule has 0 unspecified atom stereocenters. The lowest BCUT2D eigenvalue weighted by atomic mass is 9.84. The molecular formula is C36H20Cl2O12. The van der Waals surface area contributed by atoms with Gasteiger partial charge in [-0.25, -0.2) is 9.59 Å². The summed E-state index contributed by atoms with van der Waals surface area (Å²) in [6.45, 7) is 0. The smallest absolute Gasteiger partial charge is 0.336 e. The molecule has 0 spiro atoms. The fourth-order valence-corrected chi connectivity index (χ4v) is 6.59. The predicted molar refractivity (Wildman–Crippen MR) is 183 cm³/mol. The van der Waals surface area contributed by atoms with Crippen molar-refractivity contribution in [1.29, 1.82) is 0 Å². The standard InChI is InChI=1S/C36H20Cl2O12/c1-47-25-11-21-27(15-5-3-13(39)7-23(15)49-33(21)29(37)31(25)41)17-9-20(36(45)46)18(10-19(17)35(43)44)28-16-6-4-14(40)8-24(16)50-34-22(28)12-26(48-2)32(42)30(34)38/h3-12,41-42H,1-2H3,(H,43,44)(H,45,46). The van der Waals surface area contributed by atoms with Crippen molar-refractivity contribution in [3.8, 4) is 67.9 Å². The molecule has 3 aromatic rings. The first-order valence-electron chi connectivity index (χ1n) is 14.4. The number of methoxy groups -OCH3 is 2. The topological polar surface area (TPSA) is 194 Å². The molecule has 0 radical (unpaired) electrons. The number of ether oxygens (including phenoxy) is 2. The zero-order valence-corrected chi connectivity index (χ0v) is 27.1. The highest BCUT2D eigenvalue weighted by molar-refractivity contribution is 6.38. The minimum Gasteiger partial charge on any atom is -0.503 e. The second-order valence-electron chi connectivity index (χ2n) is 11.1. The molecular weight excluding hydrogens is 695 g/mol. The Labute approximate surface area is 289 Å². The molecule has 7 rings (SSSR count). The maximum absolute atomic E-state index is 13.2. The second-order valence-corrected chi connectivity index (χ2v) is 11.8. The van der Waals surface area contributed by atoms with E-state index in [2.05, 4.69) is 0 Å². The molecule has 2 heterocycles. The molecule has 14 heteroatoms. The number of carbonyl (C=O) groups is 2. The van der Waals surface area contributed by atoms with E-state index in [1.807, 2.05) is 0 Å². The van der Waals surface area contributed by atoms with E-state index in [-0.39, 0.29) is 88.4 Å². The summed E-state index contributed by atoms with van der Waals surface area (Å²) in [5, 5.41) is 42.4. The number of rotatable bonds is 6. The lowest BCUT2D eigenvalue weighted by Crippen LogP contribution is -2.09. The largest absolute Gasteiger partial charge is 0.503 e. The number of halogens is 2. The van der Waals surface area contributed by atoms with Gasteiger partial charge in [-0.3, -0.25) is 9.59 Å². The molecule has 3 aromatic carbocycles. The Hall–Kier alpha value is -6.24. The van der Waals surface area contributed by atoms with E-state index in [1.54, 1.807) is 0 Å². The van der Waals surface area contributed by atoms with Crippen LogP contribution in [0.25, 0.3) is 66.8 Å². The van der Waals surface area contributed by atoms with E-state index in [1.165, 1.54) is 50.6 Å². The van der Waals surface area contributed by atoms with Crippen LogP contribution in [0.3, 0.4) is 0 Å². The molecule has 0 atom stereocenters. The minimum absolute atomic E-state index is 0.0274. The third kappa shape index (κ3) is 4.84. The second kappa shape index (κ2) is 11.7. The lowest BCUT2D eigenvalue weighted by molar-refractivity contribution is 0.0682. The number of phenols is 2. The van der Waals surface area contributed by atoms with Crippen molar-refractivity contribution in [2.45, 2.75) is 0 Å². The molecule has 4 N–H and O–H groups in total. The number of phenolic OH excluding ortho intramolecular Hbond substituents is 2. The van der Waals surface area contributed by atoms with Crippen molar-refractivity contribution in [3.05, 3.63) is 102 Å². The maximum atomic E-state index is 13.2. The van der Waals surface area contributed by atoms with Crippen LogP contribution in [0.2, 0.25) is 10.0 Å². The summed E-state index contributed by atoms with van der Waals surface area (Å²) in [5.74, 6) is -4.15. The monoisotopic (exact) mass is 714 g/mol. The molecule has 0 saturated heterocycles. The van der Waals surface area contributed by atoms with E-state index in [9.17, 15) is 39.6 Å². The van der Waals surface area contributed by atoms with Gasteiger partial charge in [0.15, 0.2) is 45.0 Å². The van der Waals surface area contributed by atoms with Gasteiger partial charge in [-0.05, 0) is 59.7 Å².